The number of nitrogens with zero attached hydrogens (tertiary/aromatic N) is 1. The Morgan fingerprint density at radius 2 is 1.89 bits per heavy atom. The summed E-state index contributed by atoms with van der Waals surface area (Å²) in [6, 6.07) is 1.80. The predicted molar refractivity (Wildman–Crippen MR) is 68.9 cm³/mol. The number of alkyl halides is 3. The van der Waals surface area contributed by atoms with Crippen LogP contribution in [0, 0.1) is 11.8 Å². The monoisotopic (exact) mass is 337 g/mol. The number of aromatic nitrogens is 1. The van der Waals surface area contributed by atoms with E-state index in [9.17, 15) is 13.2 Å². The van der Waals surface area contributed by atoms with Gasteiger partial charge in [-0.2, -0.15) is 13.2 Å². The number of hydrogen-bond acceptors (Lipinski definition) is 2. The van der Waals surface area contributed by atoms with Crippen molar-refractivity contribution < 1.29 is 17.9 Å². The zero-order chi connectivity index (χ0) is 13.9. The van der Waals surface area contributed by atoms with E-state index in [2.05, 4.69) is 20.9 Å². The Hall–Kier alpha value is -0.780. The minimum absolute atomic E-state index is 0.206. The summed E-state index contributed by atoms with van der Waals surface area (Å²) in [4.78, 5) is 3.97. The molecule has 1 saturated carbocycles. The van der Waals surface area contributed by atoms with Crippen LogP contribution in [0.5, 0.6) is 5.75 Å². The molecule has 0 radical (unpaired) electrons. The Bertz CT molecular complexity index is 417. The van der Waals surface area contributed by atoms with E-state index in [1.807, 2.05) is 0 Å². The van der Waals surface area contributed by atoms with Crippen molar-refractivity contribution in [2.24, 2.45) is 11.8 Å². The minimum Gasteiger partial charge on any atom is -0.492 e. The van der Waals surface area contributed by atoms with Crippen molar-refractivity contribution in [3.05, 3.63) is 22.9 Å². The standard InChI is InChI=1S/C13H15BrF3NO/c14-11-5-12(7-18-6-11)19-8-9-1-3-10(4-2-9)13(15,16)17/h5-7,9-10H,1-4,8H2. The summed E-state index contributed by atoms with van der Waals surface area (Å²) in [5.74, 6) is -0.277. The Morgan fingerprint density at radius 3 is 2.47 bits per heavy atom. The maximum absolute atomic E-state index is 12.5. The van der Waals surface area contributed by atoms with Crippen molar-refractivity contribution >= 4 is 15.9 Å². The lowest BCUT2D eigenvalue weighted by Gasteiger charge is -2.29. The lowest BCUT2D eigenvalue weighted by atomic mass is 9.82. The highest BCUT2D eigenvalue weighted by Gasteiger charge is 2.41. The highest BCUT2D eigenvalue weighted by Crippen LogP contribution is 2.39. The van der Waals surface area contributed by atoms with Gasteiger partial charge in [-0.1, -0.05) is 0 Å². The molecule has 0 unspecified atom stereocenters. The van der Waals surface area contributed by atoms with Crippen LogP contribution in [0.4, 0.5) is 13.2 Å². The first-order valence-electron chi connectivity index (χ1n) is 6.25. The van der Waals surface area contributed by atoms with Gasteiger partial charge in [0.2, 0.25) is 0 Å². The molecule has 106 valence electrons. The van der Waals surface area contributed by atoms with Crippen LogP contribution in [0.25, 0.3) is 0 Å². The summed E-state index contributed by atoms with van der Waals surface area (Å²) < 4.78 is 44.0. The summed E-state index contributed by atoms with van der Waals surface area (Å²) in [6.45, 7) is 0.461. The highest BCUT2D eigenvalue weighted by molar-refractivity contribution is 9.10. The van der Waals surface area contributed by atoms with E-state index in [-0.39, 0.29) is 18.8 Å². The smallest absolute Gasteiger partial charge is 0.391 e. The molecule has 1 aromatic rings. The van der Waals surface area contributed by atoms with Gasteiger partial charge in [0.05, 0.1) is 18.7 Å². The van der Waals surface area contributed by atoms with E-state index in [1.165, 1.54) is 0 Å². The van der Waals surface area contributed by atoms with Gasteiger partial charge in [0.25, 0.3) is 0 Å². The fraction of sp³-hybridized carbons (Fsp3) is 0.615. The molecule has 0 saturated heterocycles. The molecule has 2 nitrogen and oxygen atoms in total. The van der Waals surface area contributed by atoms with Crippen LogP contribution in [0.3, 0.4) is 0 Å². The molecular weight excluding hydrogens is 323 g/mol. The SMILES string of the molecule is FC(F)(F)C1CCC(COc2cncc(Br)c2)CC1. The highest BCUT2D eigenvalue weighted by atomic mass is 79.9. The molecule has 1 aliphatic carbocycles. The lowest BCUT2D eigenvalue weighted by molar-refractivity contribution is -0.184. The molecule has 0 N–H and O–H groups in total. The van der Waals surface area contributed by atoms with Gasteiger partial charge >= 0.3 is 6.18 Å². The first-order valence-corrected chi connectivity index (χ1v) is 7.04. The molecule has 0 aromatic carbocycles. The Morgan fingerprint density at radius 1 is 1.21 bits per heavy atom. The molecule has 19 heavy (non-hydrogen) atoms. The molecule has 0 spiro atoms. The number of hydrogen-bond donors (Lipinski definition) is 0. The first kappa shape index (κ1) is 14.6. The van der Waals surface area contributed by atoms with E-state index in [1.54, 1.807) is 18.5 Å². The third-order valence-corrected chi connectivity index (χ3v) is 3.91. The van der Waals surface area contributed by atoms with Crippen molar-refractivity contribution in [2.75, 3.05) is 6.61 Å². The van der Waals surface area contributed by atoms with E-state index in [4.69, 9.17) is 4.74 Å². The maximum Gasteiger partial charge on any atom is 0.391 e. The Balaban J connectivity index is 1.77. The van der Waals surface area contributed by atoms with E-state index in [0.29, 0.717) is 25.2 Å². The normalized spacial score (nSPS) is 24.2. The van der Waals surface area contributed by atoms with Gasteiger partial charge in [0.1, 0.15) is 5.75 Å². The molecular formula is C13H15BrF3NO. The Kier molecular flexibility index (Phi) is 4.71. The minimum atomic E-state index is -4.04. The van der Waals surface area contributed by atoms with E-state index >= 15 is 0 Å². The van der Waals surface area contributed by atoms with Crippen LogP contribution >= 0.6 is 15.9 Å². The molecule has 1 aliphatic rings. The van der Waals surface area contributed by atoms with Gasteiger partial charge in [-0.3, -0.25) is 4.98 Å². The number of pyridine rings is 1. The summed E-state index contributed by atoms with van der Waals surface area (Å²) in [5.41, 5.74) is 0. The first-order chi connectivity index (χ1) is 8.95. The predicted octanol–water partition coefficient (Wildman–Crippen LogP) is 4.59. The van der Waals surface area contributed by atoms with Crippen molar-refractivity contribution in [1.29, 1.82) is 0 Å². The average molecular weight is 338 g/mol. The van der Waals surface area contributed by atoms with E-state index < -0.39 is 12.1 Å². The molecule has 1 aromatic heterocycles. The van der Waals surface area contributed by atoms with Crippen LogP contribution in [0.1, 0.15) is 25.7 Å². The van der Waals surface area contributed by atoms with Crippen molar-refractivity contribution in [3.8, 4) is 5.75 Å². The number of ether oxygens (including phenoxy) is 1. The third-order valence-electron chi connectivity index (χ3n) is 3.48. The van der Waals surface area contributed by atoms with Crippen LogP contribution < -0.4 is 4.74 Å². The van der Waals surface area contributed by atoms with Gasteiger partial charge < -0.3 is 4.74 Å². The third kappa shape index (κ3) is 4.37. The largest absolute Gasteiger partial charge is 0.492 e. The number of rotatable bonds is 3. The fourth-order valence-corrected chi connectivity index (χ4v) is 2.69. The van der Waals surface area contributed by atoms with Crippen molar-refractivity contribution in [2.45, 2.75) is 31.9 Å². The number of halogens is 4. The zero-order valence-corrected chi connectivity index (χ0v) is 11.9. The molecule has 1 heterocycles. The van der Waals surface area contributed by atoms with E-state index in [0.717, 1.165) is 4.47 Å². The van der Waals surface area contributed by atoms with Gasteiger partial charge in [-0.15, -0.1) is 0 Å². The zero-order valence-electron chi connectivity index (χ0n) is 10.3. The molecule has 1 fully saturated rings. The second-order valence-corrected chi connectivity index (χ2v) is 5.82. The summed E-state index contributed by atoms with van der Waals surface area (Å²) in [7, 11) is 0. The second kappa shape index (κ2) is 6.11. The molecule has 0 aliphatic heterocycles. The molecule has 0 atom stereocenters. The van der Waals surface area contributed by atoms with Crippen LogP contribution in [-0.4, -0.2) is 17.8 Å². The molecule has 0 bridgehead atoms. The van der Waals surface area contributed by atoms with Gasteiger partial charge in [-0.05, 0) is 53.6 Å². The van der Waals surface area contributed by atoms with Crippen LogP contribution in [0.2, 0.25) is 0 Å². The summed E-state index contributed by atoms with van der Waals surface area (Å²) >= 11 is 3.29. The lowest BCUT2D eigenvalue weighted by Crippen LogP contribution is -2.29. The van der Waals surface area contributed by atoms with Crippen LogP contribution in [0.15, 0.2) is 22.9 Å². The quantitative estimate of drug-likeness (QED) is 0.804. The summed E-state index contributed by atoms with van der Waals surface area (Å²) in [5, 5.41) is 0. The topological polar surface area (TPSA) is 22.1 Å². The molecule has 0 amide bonds. The van der Waals surface area contributed by atoms with Gasteiger partial charge in [0.15, 0.2) is 0 Å². The Labute approximate surface area is 118 Å². The van der Waals surface area contributed by atoms with Crippen molar-refractivity contribution in [3.63, 3.8) is 0 Å². The van der Waals surface area contributed by atoms with Crippen molar-refractivity contribution in [1.82, 2.24) is 4.98 Å². The maximum atomic E-state index is 12.5. The fourth-order valence-electron chi connectivity index (χ4n) is 2.34. The van der Waals surface area contributed by atoms with Crippen LogP contribution in [-0.2, 0) is 0 Å². The average Bonchev–Trinajstić information content (AvgIpc) is 2.36. The molecule has 6 heteroatoms. The van der Waals surface area contributed by atoms with Gasteiger partial charge in [-0.25, -0.2) is 0 Å². The van der Waals surface area contributed by atoms with Gasteiger partial charge in [0, 0.05) is 10.7 Å². The second-order valence-electron chi connectivity index (χ2n) is 4.91. The molecule has 2 rings (SSSR count). The summed E-state index contributed by atoms with van der Waals surface area (Å²) in [6.07, 6.45) is 0.799.